The smallest absolute Gasteiger partial charge is 0.271 e. The molecule has 0 aliphatic rings. The fraction of sp³-hybridized carbons (Fsp3) is 0.400. The van der Waals surface area contributed by atoms with E-state index in [1.165, 1.54) is 10.9 Å². The van der Waals surface area contributed by atoms with Gasteiger partial charge in [0.1, 0.15) is 11.5 Å². The minimum absolute atomic E-state index is 0.310. The third-order valence-corrected chi connectivity index (χ3v) is 2.74. The molecule has 2 rings (SSSR count). The molecule has 0 saturated heterocycles. The number of aromatic amines is 1. The maximum absolute atomic E-state index is 12.0. The van der Waals surface area contributed by atoms with E-state index in [0.29, 0.717) is 22.4 Å². The number of hydrogen-bond acceptors (Lipinski definition) is 4. The van der Waals surface area contributed by atoms with Gasteiger partial charge in [0.05, 0.1) is 17.3 Å². The first-order valence-electron chi connectivity index (χ1n) is 5.36. The van der Waals surface area contributed by atoms with Crippen LogP contribution in [0.2, 0.25) is 5.02 Å². The lowest BCUT2D eigenvalue weighted by Gasteiger charge is -2.10. The summed E-state index contributed by atoms with van der Waals surface area (Å²) in [5.74, 6) is 0.916. The van der Waals surface area contributed by atoms with Gasteiger partial charge in [-0.3, -0.25) is 14.6 Å². The van der Waals surface area contributed by atoms with Gasteiger partial charge in [0, 0.05) is 7.05 Å². The fourth-order valence-electron chi connectivity index (χ4n) is 1.55. The highest BCUT2D eigenvalue weighted by molar-refractivity contribution is 6.33. The Labute approximate surface area is 109 Å². The normalized spacial score (nSPS) is 12.4. The first-order chi connectivity index (χ1) is 8.49. The fourth-order valence-corrected chi connectivity index (χ4v) is 1.80. The topological polar surface area (TPSA) is 88.5 Å². The van der Waals surface area contributed by atoms with Crippen molar-refractivity contribution in [3.05, 3.63) is 28.6 Å². The molecular weight excluding hydrogens is 256 g/mol. The molecule has 0 radical (unpaired) electrons. The van der Waals surface area contributed by atoms with Crippen LogP contribution in [0.4, 0.5) is 0 Å². The van der Waals surface area contributed by atoms with Gasteiger partial charge in [0.15, 0.2) is 5.82 Å². The number of halogens is 1. The lowest BCUT2D eigenvalue weighted by Crippen LogP contribution is -2.29. The predicted molar refractivity (Wildman–Crippen MR) is 65.2 cm³/mol. The number of H-pyrrole nitrogens is 1. The van der Waals surface area contributed by atoms with E-state index in [9.17, 15) is 4.79 Å². The second kappa shape index (κ2) is 4.77. The van der Waals surface area contributed by atoms with Gasteiger partial charge in [-0.15, -0.1) is 0 Å². The summed E-state index contributed by atoms with van der Waals surface area (Å²) in [6, 6.07) is -0.312. The van der Waals surface area contributed by atoms with E-state index >= 15 is 0 Å². The molecule has 0 aliphatic heterocycles. The van der Waals surface area contributed by atoms with E-state index in [1.54, 1.807) is 20.9 Å². The third-order valence-electron chi connectivity index (χ3n) is 2.46. The second-order valence-electron chi connectivity index (χ2n) is 3.94. The van der Waals surface area contributed by atoms with E-state index in [1.807, 2.05) is 0 Å². The second-order valence-corrected chi connectivity index (χ2v) is 4.35. The molecule has 2 aromatic heterocycles. The summed E-state index contributed by atoms with van der Waals surface area (Å²) in [5, 5.41) is 13.7. The molecule has 18 heavy (non-hydrogen) atoms. The predicted octanol–water partition coefficient (Wildman–Crippen LogP) is 0.991. The molecule has 0 aliphatic carbocycles. The van der Waals surface area contributed by atoms with Crippen molar-refractivity contribution in [1.82, 2.24) is 30.3 Å². The lowest BCUT2D eigenvalue weighted by molar-refractivity contribution is 0.0929. The van der Waals surface area contributed by atoms with Gasteiger partial charge in [-0.05, 0) is 13.8 Å². The molecule has 1 amide bonds. The van der Waals surface area contributed by atoms with E-state index in [4.69, 9.17) is 11.6 Å². The largest absolute Gasteiger partial charge is 0.341 e. The molecule has 0 aromatic carbocycles. The molecule has 2 N–H and O–H groups in total. The highest BCUT2D eigenvalue weighted by Gasteiger charge is 2.19. The van der Waals surface area contributed by atoms with Crippen LogP contribution in [0.3, 0.4) is 0 Å². The van der Waals surface area contributed by atoms with Gasteiger partial charge in [-0.2, -0.15) is 10.2 Å². The van der Waals surface area contributed by atoms with Crippen LogP contribution in [0.1, 0.15) is 35.1 Å². The van der Waals surface area contributed by atoms with Crippen molar-refractivity contribution in [3.8, 4) is 0 Å². The Bertz CT molecular complexity index is 555. The van der Waals surface area contributed by atoms with Crippen molar-refractivity contribution in [2.45, 2.75) is 19.9 Å². The van der Waals surface area contributed by atoms with E-state index < -0.39 is 0 Å². The monoisotopic (exact) mass is 268 g/mol. The van der Waals surface area contributed by atoms with Crippen LogP contribution in [0.25, 0.3) is 0 Å². The minimum Gasteiger partial charge on any atom is -0.341 e. The van der Waals surface area contributed by atoms with Crippen LogP contribution in [0.5, 0.6) is 0 Å². The van der Waals surface area contributed by atoms with Gasteiger partial charge in [-0.1, -0.05) is 11.6 Å². The molecule has 7 nitrogen and oxygen atoms in total. The Morgan fingerprint density at radius 3 is 2.83 bits per heavy atom. The molecule has 96 valence electrons. The standard InChI is InChI=1S/C10H13ClN6O/c1-5(9-14-6(2)15-16-9)13-10(18)8-7(11)4-12-17(8)3/h4-5H,1-3H3,(H,13,18)(H,14,15,16). The molecule has 0 bridgehead atoms. The molecular formula is C10H13ClN6O. The zero-order valence-electron chi connectivity index (χ0n) is 10.2. The Hall–Kier alpha value is -1.89. The molecule has 8 heteroatoms. The van der Waals surface area contributed by atoms with Crippen LogP contribution in [-0.2, 0) is 7.05 Å². The van der Waals surface area contributed by atoms with Crippen molar-refractivity contribution in [2.24, 2.45) is 7.05 Å². The molecule has 1 unspecified atom stereocenters. The van der Waals surface area contributed by atoms with E-state index in [-0.39, 0.29) is 11.9 Å². The van der Waals surface area contributed by atoms with E-state index in [0.717, 1.165) is 0 Å². The average Bonchev–Trinajstić information content (AvgIpc) is 2.85. The third kappa shape index (κ3) is 2.35. The van der Waals surface area contributed by atoms with Crippen molar-refractivity contribution in [1.29, 1.82) is 0 Å². The van der Waals surface area contributed by atoms with Gasteiger partial charge >= 0.3 is 0 Å². The molecule has 0 spiro atoms. The molecule has 1 atom stereocenters. The van der Waals surface area contributed by atoms with Crippen molar-refractivity contribution in [2.75, 3.05) is 0 Å². The summed E-state index contributed by atoms with van der Waals surface area (Å²) in [7, 11) is 1.66. The first-order valence-corrected chi connectivity index (χ1v) is 5.74. The van der Waals surface area contributed by atoms with Crippen LogP contribution in [0.15, 0.2) is 6.20 Å². The van der Waals surface area contributed by atoms with Crippen LogP contribution >= 0.6 is 11.6 Å². The van der Waals surface area contributed by atoms with Crippen molar-refractivity contribution in [3.63, 3.8) is 0 Å². The van der Waals surface area contributed by atoms with Gasteiger partial charge in [-0.25, -0.2) is 4.98 Å². The number of amides is 1. The summed E-state index contributed by atoms with van der Waals surface area (Å²) in [6.07, 6.45) is 1.43. The van der Waals surface area contributed by atoms with Crippen LogP contribution < -0.4 is 5.32 Å². The summed E-state index contributed by atoms with van der Waals surface area (Å²) >= 11 is 5.89. The van der Waals surface area contributed by atoms with Crippen LogP contribution in [-0.4, -0.2) is 30.9 Å². The summed E-state index contributed by atoms with van der Waals surface area (Å²) < 4.78 is 1.42. The SMILES string of the molecule is Cc1nc(C(C)NC(=O)c2c(Cl)cnn2C)n[nH]1. The van der Waals surface area contributed by atoms with Crippen LogP contribution in [0, 0.1) is 6.92 Å². The maximum atomic E-state index is 12.0. The summed E-state index contributed by atoms with van der Waals surface area (Å²) in [5.41, 5.74) is 0.316. The quantitative estimate of drug-likeness (QED) is 0.869. The Morgan fingerprint density at radius 2 is 2.33 bits per heavy atom. The lowest BCUT2D eigenvalue weighted by atomic mass is 10.3. The number of nitrogens with zero attached hydrogens (tertiary/aromatic N) is 4. The Balaban J connectivity index is 2.13. The Kier molecular flexibility index (Phi) is 3.33. The molecule has 0 fully saturated rings. The molecule has 2 aromatic rings. The number of aryl methyl sites for hydroxylation is 2. The zero-order valence-corrected chi connectivity index (χ0v) is 11.0. The average molecular weight is 269 g/mol. The minimum atomic E-state index is -0.312. The first kappa shape index (κ1) is 12.6. The van der Waals surface area contributed by atoms with Crippen molar-refractivity contribution >= 4 is 17.5 Å². The number of carbonyl (C=O) groups excluding carboxylic acids is 1. The van der Waals surface area contributed by atoms with Crippen molar-refractivity contribution < 1.29 is 4.79 Å². The summed E-state index contributed by atoms with van der Waals surface area (Å²) in [6.45, 7) is 3.59. The van der Waals surface area contributed by atoms with E-state index in [2.05, 4.69) is 25.6 Å². The number of rotatable bonds is 3. The molecule has 2 heterocycles. The highest BCUT2D eigenvalue weighted by atomic mass is 35.5. The highest BCUT2D eigenvalue weighted by Crippen LogP contribution is 2.15. The van der Waals surface area contributed by atoms with Gasteiger partial charge in [0.2, 0.25) is 0 Å². The van der Waals surface area contributed by atoms with Gasteiger partial charge < -0.3 is 5.32 Å². The zero-order chi connectivity index (χ0) is 13.3. The molecule has 0 saturated carbocycles. The number of nitrogens with one attached hydrogen (secondary N) is 2. The number of hydrogen-bond donors (Lipinski definition) is 2. The number of carbonyl (C=O) groups is 1. The Morgan fingerprint density at radius 1 is 1.61 bits per heavy atom. The summed E-state index contributed by atoms with van der Waals surface area (Å²) in [4.78, 5) is 16.2. The maximum Gasteiger partial charge on any atom is 0.271 e. The van der Waals surface area contributed by atoms with Gasteiger partial charge in [0.25, 0.3) is 5.91 Å². The number of aromatic nitrogens is 5.